The number of hydrogen-bond acceptors (Lipinski definition) is 2. The van der Waals surface area contributed by atoms with Gasteiger partial charge in [-0.2, -0.15) is 18.4 Å². The number of rotatable bonds is 4. The van der Waals surface area contributed by atoms with Crippen molar-refractivity contribution < 1.29 is 13.2 Å². The molecule has 92 valence electrons. The zero-order valence-electron chi connectivity index (χ0n) is 9.34. The molecule has 1 nitrogen and oxygen atoms in total. The Morgan fingerprint density at radius 2 is 2.06 bits per heavy atom. The predicted molar refractivity (Wildman–Crippen MR) is 61.8 cm³/mol. The molecule has 1 rings (SSSR count). The van der Waals surface area contributed by atoms with Crippen LogP contribution in [0.25, 0.3) is 0 Å². The molecule has 0 aliphatic carbocycles. The number of halogens is 3. The summed E-state index contributed by atoms with van der Waals surface area (Å²) in [6.45, 7) is 2.05. The van der Waals surface area contributed by atoms with Crippen LogP contribution in [0.5, 0.6) is 0 Å². The first-order valence-electron chi connectivity index (χ1n) is 5.23. The summed E-state index contributed by atoms with van der Waals surface area (Å²) in [5.41, 5.74) is -1.17. The Labute approximate surface area is 103 Å². The minimum atomic E-state index is -4.46. The van der Waals surface area contributed by atoms with Gasteiger partial charge in [0.1, 0.15) is 0 Å². The Hall–Kier alpha value is -1.15. The van der Waals surface area contributed by atoms with Crippen LogP contribution in [-0.4, -0.2) is 5.75 Å². The van der Waals surface area contributed by atoms with Crippen molar-refractivity contribution >= 4 is 11.8 Å². The van der Waals surface area contributed by atoms with Crippen LogP contribution in [0, 0.1) is 11.3 Å². The number of benzene rings is 1. The van der Waals surface area contributed by atoms with E-state index in [1.54, 1.807) is 6.07 Å². The number of unbranched alkanes of at least 4 members (excludes halogenated alkanes) is 1. The number of nitrogens with zero attached hydrogens (tertiary/aromatic N) is 1. The van der Waals surface area contributed by atoms with Crippen LogP contribution >= 0.6 is 11.8 Å². The van der Waals surface area contributed by atoms with E-state index < -0.39 is 11.7 Å². The van der Waals surface area contributed by atoms with Crippen LogP contribution < -0.4 is 0 Å². The molecule has 0 spiro atoms. The molecule has 0 bridgehead atoms. The molecule has 5 heteroatoms. The van der Waals surface area contributed by atoms with Gasteiger partial charge >= 0.3 is 6.18 Å². The smallest absolute Gasteiger partial charge is 0.192 e. The van der Waals surface area contributed by atoms with Crippen LogP contribution in [-0.2, 0) is 6.18 Å². The summed E-state index contributed by atoms with van der Waals surface area (Å²) in [6, 6.07) is 5.31. The van der Waals surface area contributed by atoms with Crippen molar-refractivity contribution in [1.82, 2.24) is 0 Å². The standard InChI is InChI=1S/C12H12F3NS/c1-2-3-6-17-10-4-5-11(12(13,14)15)9(7-10)8-16/h4-5,7H,2-3,6H2,1H3. The number of hydrogen-bond donors (Lipinski definition) is 0. The van der Waals surface area contributed by atoms with Gasteiger partial charge in [-0.05, 0) is 30.4 Å². The van der Waals surface area contributed by atoms with E-state index in [-0.39, 0.29) is 5.56 Å². The average Bonchev–Trinajstić information content (AvgIpc) is 2.28. The van der Waals surface area contributed by atoms with E-state index in [9.17, 15) is 13.2 Å². The molecule has 0 saturated heterocycles. The summed E-state index contributed by atoms with van der Waals surface area (Å²) >= 11 is 1.48. The highest BCUT2D eigenvalue weighted by Gasteiger charge is 2.33. The molecular formula is C12H12F3NS. The summed E-state index contributed by atoms with van der Waals surface area (Å²) < 4.78 is 37.5. The van der Waals surface area contributed by atoms with Gasteiger partial charge in [-0.15, -0.1) is 11.8 Å². The Morgan fingerprint density at radius 3 is 2.59 bits per heavy atom. The molecule has 0 heterocycles. The minimum absolute atomic E-state index is 0.306. The summed E-state index contributed by atoms with van der Waals surface area (Å²) in [6.07, 6.45) is -2.41. The van der Waals surface area contributed by atoms with Crippen LogP contribution in [0.15, 0.2) is 23.1 Å². The maximum Gasteiger partial charge on any atom is 0.417 e. The van der Waals surface area contributed by atoms with E-state index in [0.717, 1.165) is 24.7 Å². The fourth-order valence-electron chi connectivity index (χ4n) is 1.29. The van der Waals surface area contributed by atoms with Gasteiger partial charge in [0.15, 0.2) is 0 Å². The van der Waals surface area contributed by atoms with E-state index in [4.69, 9.17) is 5.26 Å². The Balaban J connectivity index is 2.90. The quantitative estimate of drug-likeness (QED) is 0.588. The maximum atomic E-state index is 12.5. The van der Waals surface area contributed by atoms with Crippen molar-refractivity contribution in [3.63, 3.8) is 0 Å². The summed E-state index contributed by atoms with van der Waals surface area (Å²) in [5, 5.41) is 8.72. The Kier molecular flexibility index (Phi) is 4.88. The van der Waals surface area contributed by atoms with Crippen molar-refractivity contribution in [1.29, 1.82) is 5.26 Å². The third-order valence-corrected chi connectivity index (χ3v) is 3.26. The molecule has 1 aromatic rings. The SMILES string of the molecule is CCCCSc1ccc(C(F)(F)F)c(C#N)c1. The third-order valence-electron chi connectivity index (χ3n) is 2.18. The lowest BCUT2D eigenvalue weighted by atomic mass is 10.1. The highest BCUT2D eigenvalue weighted by atomic mass is 32.2. The van der Waals surface area contributed by atoms with Gasteiger partial charge in [-0.1, -0.05) is 13.3 Å². The lowest BCUT2D eigenvalue weighted by Gasteiger charge is -2.09. The van der Waals surface area contributed by atoms with E-state index in [2.05, 4.69) is 0 Å². The molecule has 17 heavy (non-hydrogen) atoms. The molecule has 0 atom stereocenters. The first kappa shape index (κ1) is 13.9. The van der Waals surface area contributed by atoms with Gasteiger partial charge in [-0.3, -0.25) is 0 Å². The van der Waals surface area contributed by atoms with E-state index in [1.807, 2.05) is 6.92 Å². The van der Waals surface area contributed by atoms with Crippen molar-refractivity contribution in [3.05, 3.63) is 29.3 Å². The van der Waals surface area contributed by atoms with Crippen LogP contribution in [0.3, 0.4) is 0 Å². The molecule has 0 unspecified atom stereocenters. The van der Waals surface area contributed by atoms with E-state index in [0.29, 0.717) is 4.90 Å². The normalized spacial score (nSPS) is 11.2. The number of nitriles is 1. The number of thioether (sulfide) groups is 1. The molecule has 0 fully saturated rings. The maximum absolute atomic E-state index is 12.5. The van der Waals surface area contributed by atoms with Crippen molar-refractivity contribution in [2.45, 2.75) is 30.8 Å². The molecule has 0 radical (unpaired) electrons. The zero-order chi connectivity index (χ0) is 12.9. The summed E-state index contributed by atoms with van der Waals surface area (Å²) in [4.78, 5) is 0.711. The van der Waals surface area contributed by atoms with Gasteiger partial charge in [-0.25, -0.2) is 0 Å². The highest BCUT2D eigenvalue weighted by Crippen LogP contribution is 2.33. The highest BCUT2D eigenvalue weighted by molar-refractivity contribution is 7.99. The van der Waals surface area contributed by atoms with Crippen LogP contribution in [0.2, 0.25) is 0 Å². The minimum Gasteiger partial charge on any atom is -0.192 e. The second-order valence-corrected chi connectivity index (χ2v) is 4.69. The number of alkyl halides is 3. The van der Waals surface area contributed by atoms with E-state index in [1.165, 1.54) is 23.9 Å². The molecule has 0 N–H and O–H groups in total. The average molecular weight is 259 g/mol. The second-order valence-electron chi connectivity index (χ2n) is 3.52. The van der Waals surface area contributed by atoms with Crippen LogP contribution in [0.1, 0.15) is 30.9 Å². The Bertz CT molecular complexity index is 421. The summed E-state index contributed by atoms with van der Waals surface area (Å²) in [5.74, 6) is 0.854. The van der Waals surface area contributed by atoms with Crippen LogP contribution in [0.4, 0.5) is 13.2 Å². The first-order valence-corrected chi connectivity index (χ1v) is 6.21. The largest absolute Gasteiger partial charge is 0.417 e. The monoisotopic (exact) mass is 259 g/mol. The lowest BCUT2D eigenvalue weighted by molar-refractivity contribution is -0.137. The van der Waals surface area contributed by atoms with Gasteiger partial charge < -0.3 is 0 Å². The fourth-order valence-corrected chi connectivity index (χ4v) is 2.32. The lowest BCUT2D eigenvalue weighted by Crippen LogP contribution is -2.07. The van der Waals surface area contributed by atoms with Crippen molar-refractivity contribution in [2.24, 2.45) is 0 Å². The molecule has 0 aliphatic rings. The first-order chi connectivity index (χ1) is 7.99. The Morgan fingerprint density at radius 1 is 1.35 bits per heavy atom. The molecule has 0 saturated carbocycles. The van der Waals surface area contributed by atoms with Gasteiger partial charge in [0.05, 0.1) is 17.2 Å². The van der Waals surface area contributed by atoms with Gasteiger partial charge in [0.2, 0.25) is 0 Å². The topological polar surface area (TPSA) is 23.8 Å². The van der Waals surface area contributed by atoms with Gasteiger partial charge in [0, 0.05) is 4.90 Å². The van der Waals surface area contributed by atoms with Gasteiger partial charge in [0.25, 0.3) is 0 Å². The third kappa shape index (κ3) is 3.97. The molecule has 0 amide bonds. The molecular weight excluding hydrogens is 247 g/mol. The van der Waals surface area contributed by atoms with Crippen molar-refractivity contribution in [3.8, 4) is 6.07 Å². The summed E-state index contributed by atoms with van der Waals surface area (Å²) in [7, 11) is 0. The predicted octanol–water partition coefficient (Wildman–Crippen LogP) is 4.47. The van der Waals surface area contributed by atoms with E-state index >= 15 is 0 Å². The molecule has 0 aromatic heterocycles. The zero-order valence-corrected chi connectivity index (χ0v) is 10.2. The van der Waals surface area contributed by atoms with Crippen molar-refractivity contribution in [2.75, 3.05) is 5.75 Å². The second kappa shape index (κ2) is 5.97. The fraction of sp³-hybridized carbons (Fsp3) is 0.417. The molecule has 1 aromatic carbocycles. The molecule has 0 aliphatic heterocycles.